The van der Waals surface area contributed by atoms with E-state index >= 15 is 0 Å². The Hall–Kier alpha value is -2.62. The zero-order chi connectivity index (χ0) is 14.2. The minimum Gasteiger partial charge on any atom is -0.340 e. The Labute approximate surface area is 123 Å². The zero-order valence-corrected chi connectivity index (χ0v) is 11.9. The summed E-state index contributed by atoms with van der Waals surface area (Å²) in [7, 11) is 2.08. The van der Waals surface area contributed by atoms with Gasteiger partial charge in [0, 0.05) is 48.6 Å². The number of benzene rings is 1. The fraction of sp³-hybridized carbons (Fsp3) is 0.176. The molecule has 4 heteroatoms. The lowest BCUT2D eigenvalue weighted by Gasteiger charge is -2.07. The van der Waals surface area contributed by atoms with Crippen molar-refractivity contribution in [1.29, 1.82) is 0 Å². The third-order valence-electron chi connectivity index (χ3n) is 3.94. The maximum absolute atomic E-state index is 4.77. The number of aryl methyl sites for hydroxylation is 1. The number of hydrogen-bond donors (Lipinski definition) is 1. The first-order valence-corrected chi connectivity index (χ1v) is 7.13. The molecule has 0 spiro atoms. The first kappa shape index (κ1) is 12.1. The van der Waals surface area contributed by atoms with Crippen LogP contribution in [0.3, 0.4) is 0 Å². The molecule has 3 aromatic rings. The summed E-state index contributed by atoms with van der Waals surface area (Å²) in [6.45, 7) is 0.867. The Bertz CT molecular complexity index is 831. The SMILES string of the molecule is Cn1c2c(c3ccc(Nc4ccccc4)nc31)C=NCC2. The van der Waals surface area contributed by atoms with E-state index in [0.29, 0.717) is 0 Å². The summed E-state index contributed by atoms with van der Waals surface area (Å²) in [6, 6.07) is 14.3. The summed E-state index contributed by atoms with van der Waals surface area (Å²) in [5.41, 5.74) is 4.60. The molecule has 0 aliphatic carbocycles. The number of nitrogens with one attached hydrogen (secondary N) is 1. The predicted octanol–water partition coefficient (Wildman–Crippen LogP) is 3.29. The molecule has 1 aromatic carbocycles. The number of para-hydroxylation sites is 1. The van der Waals surface area contributed by atoms with Crippen molar-refractivity contribution in [3.8, 4) is 0 Å². The summed E-state index contributed by atoms with van der Waals surface area (Å²) in [5.74, 6) is 0.864. The van der Waals surface area contributed by atoms with Crippen LogP contribution in [-0.2, 0) is 13.5 Å². The van der Waals surface area contributed by atoms with Gasteiger partial charge in [-0.15, -0.1) is 0 Å². The Morgan fingerprint density at radius 1 is 1.10 bits per heavy atom. The van der Waals surface area contributed by atoms with Crippen LogP contribution >= 0.6 is 0 Å². The van der Waals surface area contributed by atoms with Crippen LogP contribution in [0.2, 0.25) is 0 Å². The molecule has 3 heterocycles. The van der Waals surface area contributed by atoms with Crippen LogP contribution < -0.4 is 5.32 Å². The third-order valence-corrected chi connectivity index (χ3v) is 3.94. The highest BCUT2D eigenvalue weighted by molar-refractivity contribution is 6.01. The molecular weight excluding hydrogens is 260 g/mol. The number of pyridine rings is 1. The van der Waals surface area contributed by atoms with E-state index < -0.39 is 0 Å². The number of fused-ring (bicyclic) bond motifs is 3. The van der Waals surface area contributed by atoms with Gasteiger partial charge in [-0.1, -0.05) is 18.2 Å². The molecule has 0 saturated heterocycles. The topological polar surface area (TPSA) is 42.2 Å². The molecule has 2 aromatic heterocycles. The smallest absolute Gasteiger partial charge is 0.142 e. The van der Waals surface area contributed by atoms with Gasteiger partial charge in [-0.2, -0.15) is 0 Å². The predicted molar refractivity (Wildman–Crippen MR) is 86.6 cm³/mol. The molecule has 0 atom stereocenters. The molecule has 0 radical (unpaired) electrons. The highest BCUT2D eigenvalue weighted by atomic mass is 15.1. The van der Waals surface area contributed by atoms with Gasteiger partial charge in [0.15, 0.2) is 0 Å². The van der Waals surface area contributed by atoms with Crippen molar-refractivity contribution in [1.82, 2.24) is 9.55 Å². The van der Waals surface area contributed by atoms with E-state index in [-0.39, 0.29) is 0 Å². The lowest BCUT2D eigenvalue weighted by Crippen LogP contribution is -2.06. The van der Waals surface area contributed by atoms with E-state index in [0.717, 1.165) is 30.1 Å². The van der Waals surface area contributed by atoms with E-state index in [1.54, 1.807) is 0 Å². The Morgan fingerprint density at radius 2 is 1.95 bits per heavy atom. The molecule has 0 saturated carbocycles. The van der Waals surface area contributed by atoms with Crippen LogP contribution in [0.4, 0.5) is 11.5 Å². The quantitative estimate of drug-likeness (QED) is 0.780. The van der Waals surface area contributed by atoms with Crippen LogP contribution in [0.1, 0.15) is 11.3 Å². The van der Waals surface area contributed by atoms with E-state index in [1.807, 2.05) is 42.6 Å². The van der Waals surface area contributed by atoms with Gasteiger partial charge < -0.3 is 9.88 Å². The maximum atomic E-state index is 4.77. The van der Waals surface area contributed by atoms with Gasteiger partial charge in [-0.3, -0.25) is 4.99 Å². The molecule has 0 bridgehead atoms. The molecule has 0 amide bonds. The number of rotatable bonds is 2. The molecule has 4 nitrogen and oxygen atoms in total. The van der Waals surface area contributed by atoms with Crippen molar-refractivity contribution in [3.05, 3.63) is 53.7 Å². The van der Waals surface area contributed by atoms with Crippen LogP contribution in [0, 0.1) is 0 Å². The van der Waals surface area contributed by atoms with Crippen molar-refractivity contribution >= 4 is 28.8 Å². The molecule has 104 valence electrons. The molecule has 0 unspecified atom stereocenters. The minimum atomic E-state index is 0.864. The zero-order valence-electron chi connectivity index (χ0n) is 11.9. The van der Waals surface area contributed by atoms with Crippen LogP contribution in [-0.4, -0.2) is 22.3 Å². The number of aliphatic imine (C=N–C) groups is 1. The van der Waals surface area contributed by atoms with E-state index in [2.05, 4.69) is 28.0 Å². The second-order valence-corrected chi connectivity index (χ2v) is 5.26. The van der Waals surface area contributed by atoms with Gasteiger partial charge in [0.1, 0.15) is 11.5 Å². The highest BCUT2D eigenvalue weighted by Crippen LogP contribution is 2.27. The number of anilines is 2. The molecule has 1 aliphatic rings. The highest BCUT2D eigenvalue weighted by Gasteiger charge is 2.17. The second kappa shape index (κ2) is 4.74. The van der Waals surface area contributed by atoms with Gasteiger partial charge in [0.05, 0.1) is 0 Å². The second-order valence-electron chi connectivity index (χ2n) is 5.26. The van der Waals surface area contributed by atoms with Crippen LogP contribution in [0.15, 0.2) is 47.5 Å². The lowest BCUT2D eigenvalue weighted by molar-refractivity contribution is 0.811. The molecule has 4 rings (SSSR count). The number of hydrogen-bond acceptors (Lipinski definition) is 3. The molecule has 1 N–H and O–H groups in total. The van der Waals surface area contributed by atoms with E-state index in [1.165, 1.54) is 16.6 Å². The van der Waals surface area contributed by atoms with Crippen LogP contribution in [0.25, 0.3) is 11.0 Å². The van der Waals surface area contributed by atoms with Gasteiger partial charge in [0.2, 0.25) is 0 Å². The normalized spacial score (nSPS) is 13.4. The summed E-state index contributed by atoms with van der Waals surface area (Å²) >= 11 is 0. The first-order chi connectivity index (χ1) is 10.3. The Kier molecular flexibility index (Phi) is 2.74. The molecule has 1 aliphatic heterocycles. The third kappa shape index (κ3) is 2.00. The van der Waals surface area contributed by atoms with E-state index in [9.17, 15) is 0 Å². The van der Waals surface area contributed by atoms with Crippen molar-refractivity contribution in [2.75, 3.05) is 11.9 Å². The average Bonchev–Trinajstić information content (AvgIpc) is 2.82. The van der Waals surface area contributed by atoms with Crippen molar-refractivity contribution in [3.63, 3.8) is 0 Å². The fourth-order valence-corrected chi connectivity index (χ4v) is 2.89. The largest absolute Gasteiger partial charge is 0.340 e. The summed E-state index contributed by atoms with van der Waals surface area (Å²) < 4.78 is 2.19. The van der Waals surface area contributed by atoms with Gasteiger partial charge in [-0.25, -0.2) is 4.98 Å². The molecular formula is C17H16N4. The lowest BCUT2D eigenvalue weighted by atomic mass is 10.1. The monoisotopic (exact) mass is 276 g/mol. The van der Waals surface area contributed by atoms with Crippen molar-refractivity contribution < 1.29 is 0 Å². The van der Waals surface area contributed by atoms with Gasteiger partial charge in [0.25, 0.3) is 0 Å². The maximum Gasteiger partial charge on any atom is 0.142 e. The summed E-state index contributed by atoms with van der Waals surface area (Å²) in [5, 5.41) is 4.52. The Balaban J connectivity index is 1.80. The molecule has 21 heavy (non-hydrogen) atoms. The standard InChI is InChI=1S/C17H16N4/c1-21-15-9-10-18-11-14(15)13-7-8-16(20-17(13)21)19-12-5-3-2-4-6-12/h2-8,11H,9-10H2,1H3,(H,19,20). The van der Waals surface area contributed by atoms with Crippen LogP contribution in [0.5, 0.6) is 0 Å². The molecule has 0 fully saturated rings. The van der Waals surface area contributed by atoms with E-state index in [4.69, 9.17) is 4.98 Å². The number of nitrogens with zero attached hydrogens (tertiary/aromatic N) is 3. The number of aromatic nitrogens is 2. The first-order valence-electron chi connectivity index (χ1n) is 7.13. The van der Waals surface area contributed by atoms with Gasteiger partial charge >= 0.3 is 0 Å². The Morgan fingerprint density at radius 3 is 2.81 bits per heavy atom. The summed E-state index contributed by atoms with van der Waals surface area (Å²) in [4.78, 5) is 9.16. The minimum absolute atomic E-state index is 0.864. The van der Waals surface area contributed by atoms with Crippen molar-refractivity contribution in [2.24, 2.45) is 12.0 Å². The van der Waals surface area contributed by atoms with Gasteiger partial charge in [-0.05, 0) is 24.3 Å². The fourth-order valence-electron chi connectivity index (χ4n) is 2.89. The average molecular weight is 276 g/mol. The van der Waals surface area contributed by atoms with Crippen molar-refractivity contribution in [2.45, 2.75) is 6.42 Å². The summed E-state index contributed by atoms with van der Waals surface area (Å²) in [6.07, 6.45) is 2.97.